The van der Waals surface area contributed by atoms with Gasteiger partial charge in [0.2, 0.25) is 0 Å². The molecule has 0 unspecified atom stereocenters. The molecule has 0 aromatic heterocycles. The van der Waals surface area contributed by atoms with E-state index in [0.717, 1.165) is 12.8 Å². The average molecular weight is 580 g/mol. The second-order valence-electron chi connectivity index (χ2n) is 13.0. The molecule has 4 nitrogen and oxygen atoms in total. The predicted molar refractivity (Wildman–Crippen MR) is 177 cm³/mol. The molecular weight excluding hydrogens is 522 g/mol. The molecule has 0 bridgehead atoms. The van der Waals surface area contributed by atoms with Crippen molar-refractivity contribution in [1.82, 2.24) is 0 Å². The highest BCUT2D eigenvalue weighted by atomic mass is 28.4. The third kappa shape index (κ3) is 9.79. The SMILES string of the molecule is CCCCCCCCCCCCCC[C@@H]1OC(C)=N[C@@H](CO[Si](c2ccccc2)(c2ccccc2)C(C)(C)C)[C@@H]1O. The summed E-state index contributed by atoms with van der Waals surface area (Å²) in [5, 5.41) is 13.7. The number of nitrogens with zero attached hydrogens (tertiary/aromatic N) is 1. The van der Waals surface area contributed by atoms with E-state index in [1.807, 2.05) is 6.92 Å². The Labute approximate surface area is 252 Å². The zero-order valence-electron chi connectivity index (χ0n) is 26.6. The lowest BCUT2D eigenvalue weighted by Crippen LogP contribution is -2.67. The van der Waals surface area contributed by atoms with E-state index in [1.54, 1.807) is 0 Å². The number of aliphatic hydroxyl groups is 1. The van der Waals surface area contributed by atoms with E-state index in [1.165, 1.54) is 81.0 Å². The second-order valence-corrected chi connectivity index (χ2v) is 17.3. The summed E-state index contributed by atoms with van der Waals surface area (Å²) in [7, 11) is -2.69. The Balaban J connectivity index is 1.54. The normalized spacial score (nSPS) is 19.6. The van der Waals surface area contributed by atoms with Crippen LogP contribution in [0.1, 0.15) is 118 Å². The van der Waals surface area contributed by atoms with Crippen molar-refractivity contribution in [2.45, 2.75) is 141 Å². The van der Waals surface area contributed by atoms with E-state index in [-0.39, 0.29) is 17.2 Å². The zero-order valence-corrected chi connectivity index (χ0v) is 27.6. The van der Waals surface area contributed by atoms with Gasteiger partial charge in [-0.1, -0.05) is 159 Å². The van der Waals surface area contributed by atoms with Crippen LogP contribution in [0.2, 0.25) is 5.04 Å². The minimum absolute atomic E-state index is 0.112. The highest BCUT2D eigenvalue weighted by Crippen LogP contribution is 2.37. The standard InChI is InChI=1S/C36H57NO3Si/c1-6-7-8-9-10-11-12-13-14-15-16-23-28-34-35(38)33(37-30(2)40-34)29-39-41(36(3,4)5,31-24-19-17-20-25-31)32-26-21-18-22-27-32/h17-22,24-27,33-35,38H,6-16,23,28-29H2,1-5H3/t33-,34-,35-/m0/s1. The number of benzene rings is 2. The first-order chi connectivity index (χ1) is 19.8. The lowest BCUT2D eigenvalue weighted by atomic mass is 9.98. The van der Waals surface area contributed by atoms with Gasteiger partial charge in [0, 0.05) is 6.92 Å². The van der Waals surface area contributed by atoms with Gasteiger partial charge in [-0.15, -0.1) is 0 Å². The van der Waals surface area contributed by atoms with E-state index in [9.17, 15) is 5.11 Å². The minimum atomic E-state index is -2.69. The van der Waals surface area contributed by atoms with E-state index in [2.05, 4.69) is 88.4 Å². The summed E-state index contributed by atoms with van der Waals surface area (Å²) in [6.45, 7) is 11.4. The zero-order chi connectivity index (χ0) is 29.6. The van der Waals surface area contributed by atoms with Gasteiger partial charge in [0.25, 0.3) is 8.32 Å². The molecule has 5 heteroatoms. The summed E-state index contributed by atoms with van der Waals surface area (Å²) in [5.41, 5.74) is 0. The number of aliphatic imine (C=N–C) groups is 1. The fraction of sp³-hybridized carbons (Fsp3) is 0.639. The average Bonchev–Trinajstić information content (AvgIpc) is 2.96. The fourth-order valence-corrected chi connectivity index (χ4v) is 11.0. The molecule has 0 aliphatic carbocycles. The number of rotatable bonds is 18. The molecule has 2 aromatic rings. The van der Waals surface area contributed by atoms with Crippen molar-refractivity contribution in [2.75, 3.05) is 6.61 Å². The third-order valence-corrected chi connectivity index (χ3v) is 13.7. The number of unbranched alkanes of at least 4 members (excludes halogenated alkanes) is 11. The molecule has 0 fully saturated rings. The van der Waals surface area contributed by atoms with Crippen molar-refractivity contribution in [3.8, 4) is 0 Å². The molecule has 228 valence electrons. The Morgan fingerprint density at radius 2 is 1.22 bits per heavy atom. The van der Waals surface area contributed by atoms with Gasteiger partial charge in [0.15, 0.2) is 5.90 Å². The summed E-state index contributed by atoms with van der Waals surface area (Å²) in [6, 6.07) is 21.0. The summed E-state index contributed by atoms with van der Waals surface area (Å²) >= 11 is 0. The number of ether oxygens (including phenoxy) is 1. The topological polar surface area (TPSA) is 51.0 Å². The van der Waals surface area contributed by atoms with Crippen molar-refractivity contribution < 1.29 is 14.3 Å². The van der Waals surface area contributed by atoms with Crippen molar-refractivity contribution in [1.29, 1.82) is 0 Å². The Kier molecular flexibility index (Phi) is 14.1. The summed E-state index contributed by atoms with van der Waals surface area (Å²) in [4.78, 5) is 4.74. The number of hydrogen-bond acceptors (Lipinski definition) is 4. The Morgan fingerprint density at radius 1 is 0.756 bits per heavy atom. The van der Waals surface area contributed by atoms with Crippen LogP contribution in [0.15, 0.2) is 65.7 Å². The molecule has 3 rings (SSSR count). The largest absolute Gasteiger partial charge is 0.475 e. The Morgan fingerprint density at radius 3 is 1.68 bits per heavy atom. The maximum atomic E-state index is 11.4. The smallest absolute Gasteiger partial charge is 0.261 e. The molecule has 0 spiro atoms. The van der Waals surface area contributed by atoms with Gasteiger partial charge in [-0.25, -0.2) is 4.99 Å². The molecular formula is C36H57NO3Si. The van der Waals surface area contributed by atoms with Gasteiger partial charge in [-0.05, 0) is 28.3 Å². The quantitative estimate of drug-likeness (QED) is 0.143. The van der Waals surface area contributed by atoms with Gasteiger partial charge in [0.1, 0.15) is 18.2 Å². The van der Waals surface area contributed by atoms with Crippen molar-refractivity contribution >= 4 is 24.6 Å². The molecule has 0 saturated carbocycles. The van der Waals surface area contributed by atoms with Crippen LogP contribution in [0.3, 0.4) is 0 Å². The van der Waals surface area contributed by atoms with Crippen LogP contribution in [0, 0.1) is 0 Å². The Hall–Kier alpha value is -1.95. The molecule has 1 N–H and O–H groups in total. The van der Waals surface area contributed by atoms with Crippen LogP contribution in [0.5, 0.6) is 0 Å². The number of aliphatic hydroxyl groups excluding tert-OH is 1. The first-order valence-corrected chi connectivity index (χ1v) is 18.3. The van der Waals surface area contributed by atoms with E-state index in [4.69, 9.17) is 14.2 Å². The van der Waals surface area contributed by atoms with Gasteiger partial charge >= 0.3 is 0 Å². The lowest BCUT2D eigenvalue weighted by Gasteiger charge is -2.44. The Bertz CT molecular complexity index is 965. The molecule has 3 atom stereocenters. The number of hydrogen-bond donors (Lipinski definition) is 1. The second kappa shape index (κ2) is 17.2. The minimum Gasteiger partial charge on any atom is -0.475 e. The van der Waals surface area contributed by atoms with Gasteiger partial charge in [0.05, 0.1) is 6.61 Å². The third-order valence-electron chi connectivity index (χ3n) is 8.67. The summed E-state index contributed by atoms with van der Waals surface area (Å²) < 4.78 is 13.2. The molecule has 0 saturated heterocycles. The van der Waals surface area contributed by atoms with Crippen LogP contribution in [0.25, 0.3) is 0 Å². The summed E-state index contributed by atoms with van der Waals surface area (Å²) in [5.74, 6) is 0.662. The molecule has 2 aromatic carbocycles. The van der Waals surface area contributed by atoms with Gasteiger partial charge in [-0.3, -0.25) is 0 Å². The van der Waals surface area contributed by atoms with E-state index >= 15 is 0 Å². The van der Waals surface area contributed by atoms with Gasteiger partial charge in [-0.2, -0.15) is 0 Å². The molecule has 1 aliphatic heterocycles. The van der Waals surface area contributed by atoms with Crippen LogP contribution >= 0.6 is 0 Å². The maximum Gasteiger partial charge on any atom is 0.261 e. The lowest BCUT2D eigenvalue weighted by molar-refractivity contribution is -0.0178. The molecule has 1 heterocycles. The van der Waals surface area contributed by atoms with Crippen LogP contribution < -0.4 is 10.4 Å². The first kappa shape index (κ1) is 33.5. The van der Waals surface area contributed by atoms with Gasteiger partial charge < -0.3 is 14.3 Å². The van der Waals surface area contributed by atoms with Crippen molar-refractivity contribution in [2.24, 2.45) is 4.99 Å². The highest BCUT2D eigenvalue weighted by molar-refractivity contribution is 6.99. The molecule has 0 radical (unpaired) electrons. The van der Waals surface area contributed by atoms with Crippen molar-refractivity contribution in [3.05, 3.63) is 60.7 Å². The highest BCUT2D eigenvalue weighted by Gasteiger charge is 2.51. The molecule has 1 aliphatic rings. The van der Waals surface area contributed by atoms with E-state index < -0.39 is 14.4 Å². The van der Waals surface area contributed by atoms with E-state index in [0.29, 0.717) is 12.5 Å². The fourth-order valence-electron chi connectivity index (χ4n) is 6.40. The van der Waals surface area contributed by atoms with Crippen molar-refractivity contribution in [3.63, 3.8) is 0 Å². The summed E-state index contributed by atoms with van der Waals surface area (Å²) in [6.07, 6.45) is 15.9. The first-order valence-electron chi connectivity index (χ1n) is 16.4. The van der Waals surface area contributed by atoms with Crippen LogP contribution in [-0.2, 0) is 9.16 Å². The molecule has 41 heavy (non-hydrogen) atoms. The van der Waals surface area contributed by atoms with Crippen LogP contribution in [0.4, 0.5) is 0 Å². The maximum absolute atomic E-state index is 11.4. The van der Waals surface area contributed by atoms with Crippen LogP contribution in [-0.4, -0.2) is 44.2 Å². The monoisotopic (exact) mass is 579 g/mol. The molecule has 0 amide bonds. The predicted octanol–water partition coefficient (Wildman–Crippen LogP) is 8.20.